The zero-order valence-corrected chi connectivity index (χ0v) is 17.9. The molecule has 8 heteroatoms. The van der Waals surface area contributed by atoms with Crippen LogP contribution in [0.25, 0.3) is 11.3 Å². The fourth-order valence-electron chi connectivity index (χ4n) is 3.68. The van der Waals surface area contributed by atoms with E-state index in [9.17, 15) is 4.79 Å². The van der Waals surface area contributed by atoms with E-state index in [2.05, 4.69) is 21.9 Å². The summed E-state index contributed by atoms with van der Waals surface area (Å²) in [6.07, 6.45) is 2.91. The van der Waals surface area contributed by atoms with Gasteiger partial charge in [0.05, 0.1) is 12.8 Å². The molecule has 7 nitrogen and oxygen atoms in total. The van der Waals surface area contributed by atoms with Crippen LogP contribution in [0.2, 0.25) is 5.02 Å². The van der Waals surface area contributed by atoms with Gasteiger partial charge in [-0.25, -0.2) is 4.79 Å². The lowest BCUT2D eigenvalue weighted by Crippen LogP contribution is -2.44. The summed E-state index contributed by atoms with van der Waals surface area (Å²) in [6, 6.07) is 11.1. The molecule has 1 aromatic carbocycles. The number of ether oxygens (including phenoxy) is 1. The lowest BCUT2D eigenvalue weighted by Gasteiger charge is -2.32. The molecule has 0 spiro atoms. The van der Waals surface area contributed by atoms with E-state index in [4.69, 9.17) is 20.8 Å². The number of carbonyl (C=O) groups is 1. The van der Waals surface area contributed by atoms with Crippen molar-refractivity contribution in [2.75, 3.05) is 46.3 Å². The summed E-state index contributed by atoms with van der Waals surface area (Å²) in [5.74, 6) is 1.30. The third-order valence-corrected chi connectivity index (χ3v) is 5.78. The van der Waals surface area contributed by atoms with Crippen molar-refractivity contribution in [3.8, 4) is 11.3 Å². The Morgan fingerprint density at radius 1 is 1.13 bits per heavy atom. The van der Waals surface area contributed by atoms with Crippen molar-refractivity contribution in [2.24, 2.45) is 5.10 Å². The maximum absolute atomic E-state index is 12.1. The first kappa shape index (κ1) is 20.9. The van der Waals surface area contributed by atoms with Gasteiger partial charge in [-0.1, -0.05) is 11.6 Å². The summed E-state index contributed by atoms with van der Waals surface area (Å²) in [7, 11) is 2.16. The van der Waals surface area contributed by atoms with E-state index >= 15 is 0 Å². The highest BCUT2D eigenvalue weighted by molar-refractivity contribution is 6.30. The second-order valence-electron chi connectivity index (χ2n) is 7.83. The summed E-state index contributed by atoms with van der Waals surface area (Å²) in [4.78, 5) is 16.9. The maximum Gasteiger partial charge on any atom is 0.430 e. The van der Waals surface area contributed by atoms with E-state index < -0.39 is 6.09 Å². The van der Waals surface area contributed by atoms with E-state index in [1.807, 2.05) is 36.4 Å². The molecule has 0 N–H and O–H groups in total. The molecule has 0 aliphatic carbocycles. The molecule has 0 bridgehead atoms. The van der Waals surface area contributed by atoms with E-state index in [0.717, 1.165) is 56.9 Å². The highest BCUT2D eigenvalue weighted by Gasteiger charge is 2.31. The Balaban J connectivity index is 1.24. The maximum atomic E-state index is 12.1. The smallest absolute Gasteiger partial charge is 0.430 e. The number of hydrazone groups is 1. The average Bonchev–Trinajstić information content (AvgIpc) is 3.35. The first-order valence-corrected chi connectivity index (χ1v) is 10.7. The van der Waals surface area contributed by atoms with Gasteiger partial charge in [-0.15, -0.1) is 0 Å². The van der Waals surface area contributed by atoms with Crippen molar-refractivity contribution in [1.82, 2.24) is 14.8 Å². The lowest BCUT2D eigenvalue weighted by atomic mass is 10.2. The van der Waals surface area contributed by atoms with Crippen LogP contribution >= 0.6 is 11.6 Å². The molecule has 160 valence electrons. The van der Waals surface area contributed by atoms with Gasteiger partial charge in [0.2, 0.25) is 0 Å². The SMILES string of the molecule is CN1CCN(CCCC2CN(N=Cc3ccc(-c4ccc(Cl)cc4)o3)C(=O)O2)CC1. The number of benzene rings is 1. The largest absolute Gasteiger partial charge is 0.455 e. The summed E-state index contributed by atoms with van der Waals surface area (Å²) in [6.45, 7) is 5.98. The molecule has 1 aromatic heterocycles. The molecule has 2 aliphatic heterocycles. The lowest BCUT2D eigenvalue weighted by molar-refractivity contribution is 0.119. The topological polar surface area (TPSA) is 61.5 Å². The minimum atomic E-state index is -0.402. The number of likely N-dealkylation sites (N-methyl/N-ethyl adjacent to an activating group) is 1. The number of cyclic esters (lactones) is 1. The van der Waals surface area contributed by atoms with E-state index in [1.165, 1.54) is 5.01 Å². The van der Waals surface area contributed by atoms with Gasteiger partial charge in [0.1, 0.15) is 17.6 Å². The highest BCUT2D eigenvalue weighted by atomic mass is 35.5. The van der Waals surface area contributed by atoms with Crippen LogP contribution < -0.4 is 0 Å². The minimum absolute atomic E-state index is 0.108. The number of piperazine rings is 1. The van der Waals surface area contributed by atoms with Gasteiger partial charge in [0, 0.05) is 36.8 Å². The second-order valence-corrected chi connectivity index (χ2v) is 8.26. The highest BCUT2D eigenvalue weighted by Crippen LogP contribution is 2.23. The fourth-order valence-corrected chi connectivity index (χ4v) is 3.81. The molecule has 0 saturated carbocycles. The van der Waals surface area contributed by atoms with E-state index in [1.54, 1.807) is 6.21 Å². The van der Waals surface area contributed by atoms with Gasteiger partial charge >= 0.3 is 6.09 Å². The minimum Gasteiger partial charge on any atom is -0.455 e. The van der Waals surface area contributed by atoms with Crippen LogP contribution in [0.4, 0.5) is 4.79 Å². The molecule has 2 aromatic rings. The normalized spacial score (nSPS) is 20.9. The van der Waals surface area contributed by atoms with Crippen molar-refractivity contribution in [2.45, 2.75) is 18.9 Å². The monoisotopic (exact) mass is 430 g/mol. The molecule has 2 saturated heterocycles. The quantitative estimate of drug-likeness (QED) is 0.625. The van der Waals surface area contributed by atoms with Gasteiger partial charge < -0.3 is 19.0 Å². The van der Waals surface area contributed by atoms with Crippen LogP contribution in [0.3, 0.4) is 0 Å². The molecule has 1 amide bonds. The second kappa shape index (κ2) is 9.64. The Kier molecular flexibility index (Phi) is 6.72. The van der Waals surface area contributed by atoms with Crippen molar-refractivity contribution in [3.05, 3.63) is 47.2 Å². The van der Waals surface area contributed by atoms with Crippen LogP contribution in [-0.2, 0) is 4.74 Å². The van der Waals surface area contributed by atoms with Crippen LogP contribution in [0.15, 0.2) is 45.9 Å². The average molecular weight is 431 g/mol. The predicted molar refractivity (Wildman–Crippen MR) is 117 cm³/mol. The van der Waals surface area contributed by atoms with Crippen LogP contribution in [0, 0.1) is 0 Å². The zero-order valence-electron chi connectivity index (χ0n) is 17.2. The number of amides is 1. The Hall–Kier alpha value is -2.35. The van der Waals surface area contributed by atoms with E-state index in [-0.39, 0.29) is 6.10 Å². The Morgan fingerprint density at radius 3 is 2.67 bits per heavy atom. The third-order valence-electron chi connectivity index (χ3n) is 5.53. The number of furan rings is 1. The number of nitrogens with zero attached hydrogens (tertiary/aromatic N) is 4. The Bertz CT molecular complexity index is 875. The van der Waals surface area contributed by atoms with Gasteiger partial charge in [-0.2, -0.15) is 10.1 Å². The molecular weight excluding hydrogens is 404 g/mol. The number of rotatable bonds is 7. The molecule has 3 heterocycles. The summed E-state index contributed by atoms with van der Waals surface area (Å²) in [5, 5.41) is 6.30. The van der Waals surface area contributed by atoms with Crippen LogP contribution in [0.1, 0.15) is 18.6 Å². The van der Waals surface area contributed by atoms with Crippen LogP contribution in [-0.4, -0.2) is 79.5 Å². The zero-order chi connectivity index (χ0) is 20.9. The molecule has 1 unspecified atom stereocenters. The standard InChI is InChI=1S/C22H27ClN4O3/c1-25-11-13-26(14-12-25)10-2-3-20-16-27(22(28)30-20)24-15-19-8-9-21(29-19)17-4-6-18(23)7-5-17/h4-9,15,20H,2-3,10-14,16H2,1H3. The van der Waals surface area contributed by atoms with Crippen LogP contribution in [0.5, 0.6) is 0 Å². The molecule has 1 atom stereocenters. The predicted octanol–water partition coefficient (Wildman–Crippen LogP) is 3.78. The summed E-state index contributed by atoms with van der Waals surface area (Å²) >= 11 is 5.92. The summed E-state index contributed by atoms with van der Waals surface area (Å²) < 4.78 is 11.2. The first-order valence-electron chi connectivity index (χ1n) is 10.4. The number of halogens is 1. The number of carbonyl (C=O) groups excluding carboxylic acids is 1. The van der Waals surface area contributed by atoms with Crippen molar-refractivity contribution in [3.63, 3.8) is 0 Å². The Morgan fingerprint density at radius 2 is 1.90 bits per heavy atom. The molecule has 2 fully saturated rings. The molecule has 0 radical (unpaired) electrons. The van der Waals surface area contributed by atoms with Crippen molar-refractivity contribution in [1.29, 1.82) is 0 Å². The summed E-state index contributed by atoms with van der Waals surface area (Å²) in [5.41, 5.74) is 0.931. The number of hydrogen-bond donors (Lipinski definition) is 0. The molecular formula is C22H27ClN4O3. The molecule has 2 aliphatic rings. The van der Waals surface area contributed by atoms with Gasteiger partial charge in [0.15, 0.2) is 0 Å². The third kappa shape index (κ3) is 5.41. The Labute approximate surface area is 181 Å². The first-order chi connectivity index (χ1) is 14.6. The van der Waals surface area contributed by atoms with Gasteiger partial charge in [0.25, 0.3) is 0 Å². The molecule has 4 rings (SSSR count). The van der Waals surface area contributed by atoms with Gasteiger partial charge in [-0.3, -0.25) is 0 Å². The number of hydrogen-bond acceptors (Lipinski definition) is 6. The van der Waals surface area contributed by atoms with Gasteiger partial charge in [-0.05, 0) is 62.8 Å². The van der Waals surface area contributed by atoms with Crippen molar-refractivity contribution < 1.29 is 13.9 Å². The van der Waals surface area contributed by atoms with E-state index in [0.29, 0.717) is 17.3 Å². The fraction of sp³-hybridized carbons (Fsp3) is 0.455. The molecule has 30 heavy (non-hydrogen) atoms. The van der Waals surface area contributed by atoms with Crippen molar-refractivity contribution >= 4 is 23.9 Å².